The van der Waals surface area contributed by atoms with Crippen molar-refractivity contribution in [1.29, 1.82) is 0 Å². The molecule has 0 atom stereocenters. The lowest BCUT2D eigenvalue weighted by Gasteiger charge is -2.09. The molecule has 1 rings (SSSR count). The van der Waals surface area contributed by atoms with Gasteiger partial charge in [-0.05, 0) is 42.4 Å². The summed E-state index contributed by atoms with van der Waals surface area (Å²) in [6, 6.07) is 7.11. The lowest BCUT2D eigenvalue weighted by atomic mass is 9.97. The number of rotatable bonds is 9. The molecule has 0 fully saturated rings. The molecule has 0 aliphatic carbocycles. The predicted octanol–water partition coefficient (Wildman–Crippen LogP) is 5.71. The molecular weight excluding hydrogens is 216 g/mol. The quantitative estimate of drug-likeness (QED) is 0.489. The van der Waals surface area contributed by atoms with Crippen LogP contribution >= 0.6 is 0 Å². The van der Waals surface area contributed by atoms with Gasteiger partial charge in [-0.2, -0.15) is 0 Å². The summed E-state index contributed by atoms with van der Waals surface area (Å²) in [5.74, 6) is 0. The maximum absolute atomic E-state index is 2.44. The van der Waals surface area contributed by atoms with Crippen LogP contribution in [0.25, 0.3) is 0 Å². The van der Waals surface area contributed by atoms with E-state index in [9.17, 15) is 0 Å². The molecule has 0 spiro atoms. The number of benzene rings is 1. The van der Waals surface area contributed by atoms with Crippen LogP contribution in [0.1, 0.15) is 76.0 Å². The molecule has 0 amide bonds. The molecule has 0 aromatic heterocycles. The first-order valence-electron chi connectivity index (χ1n) is 7.92. The molecule has 0 radical (unpaired) electrons. The third kappa shape index (κ3) is 5.25. The van der Waals surface area contributed by atoms with Crippen molar-refractivity contribution in [3.05, 3.63) is 34.9 Å². The van der Waals surface area contributed by atoms with Crippen LogP contribution in [0, 0.1) is 0 Å². The summed E-state index contributed by atoms with van der Waals surface area (Å²) in [6.07, 6.45) is 12.0. The highest BCUT2D eigenvalue weighted by Gasteiger charge is 2.01. The van der Waals surface area contributed by atoms with E-state index in [-0.39, 0.29) is 0 Å². The largest absolute Gasteiger partial charge is 0.0654 e. The Morgan fingerprint density at radius 2 is 1.39 bits per heavy atom. The summed E-state index contributed by atoms with van der Waals surface area (Å²) in [4.78, 5) is 0. The van der Waals surface area contributed by atoms with Crippen molar-refractivity contribution in [2.24, 2.45) is 0 Å². The summed E-state index contributed by atoms with van der Waals surface area (Å²) in [5, 5.41) is 0. The average molecular weight is 246 g/mol. The standard InChI is InChI=1S/C18H30/c1-4-7-8-9-10-11-12-16-13-14-17(5-2)18(6-3)15-16/h13-15H,4-12H2,1-3H3. The lowest BCUT2D eigenvalue weighted by Crippen LogP contribution is -1.94. The third-order valence-corrected chi connectivity index (χ3v) is 3.85. The summed E-state index contributed by atoms with van der Waals surface area (Å²) in [5.41, 5.74) is 4.63. The van der Waals surface area contributed by atoms with Crippen LogP contribution in [0.4, 0.5) is 0 Å². The Morgan fingerprint density at radius 3 is 2.06 bits per heavy atom. The molecule has 0 saturated heterocycles. The summed E-state index contributed by atoms with van der Waals surface area (Å²) >= 11 is 0. The van der Waals surface area contributed by atoms with Gasteiger partial charge in [-0.3, -0.25) is 0 Å². The van der Waals surface area contributed by atoms with Crippen molar-refractivity contribution >= 4 is 0 Å². The number of unbranched alkanes of at least 4 members (excludes halogenated alkanes) is 5. The predicted molar refractivity (Wildman–Crippen MR) is 82.3 cm³/mol. The van der Waals surface area contributed by atoms with Gasteiger partial charge in [0.25, 0.3) is 0 Å². The number of hydrogen-bond donors (Lipinski definition) is 0. The molecule has 0 aliphatic heterocycles. The molecule has 0 unspecified atom stereocenters. The maximum atomic E-state index is 2.44. The second kappa shape index (κ2) is 9.19. The van der Waals surface area contributed by atoms with Gasteiger partial charge in [-0.25, -0.2) is 0 Å². The molecule has 0 heterocycles. The van der Waals surface area contributed by atoms with E-state index in [4.69, 9.17) is 0 Å². The fourth-order valence-electron chi connectivity index (χ4n) is 2.62. The molecule has 0 heteroatoms. The third-order valence-electron chi connectivity index (χ3n) is 3.85. The first kappa shape index (κ1) is 15.3. The lowest BCUT2D eigenvalue weighted by molar-refractivity contribution is 0.607. The van der Waals surface area contributed by atoms with E-state index in [0.717, 1.165) is 0 Å². The van der Waals surface area contributed by atoms with E-state index in [1.807, 2.05) is 0 Å². The number of aryl methyl sites for hydroxylation is 3. The highest BCUT2D eigenvalue weighted by Crippen LogP contribution is 2.16. The Kier molecular flexibility index (Phi) is 7.80. The zero-order valence-electron chi connectivity index (χ0n) is 12.6. The zero-order chi connectivity index (χ0) is 13.2. The Morgan fingerprint density at radius 1 is 0.722 bits per heavy atom. The number of hydrogen-bond acceptors (Lipinski definition) is 0. The van der Waals surface area contributed by atoms with Crippen molar-refractivity contribution in [1.82, 2.24) is 0 Å². The smallest absolute Gasteiger partial charge is 0.0279 e. The molecule has 102 valence electrons. The first-order valence-corrected chi connectivity index (χ1v) is 7.92. The van der Waals surface area contributed by atoms with E-state index in [2.05, 4.69) is 39.0 Å². The van der Waals surface area contributed by atoms with Crippen LogP contribution in [0.2, 0.25) is 0 Å². The summed E-state index contributed by atoms with van der Waals surface area (Å²) < 4.78 is 0. The average Bonchev–Trinajstić information content (AvgIpc) is 2.42. The Hall–Kier alpha value is -0.780. The Labute approximate surface area is 114 Å². The summed E-state index contributed by atoms with van der Waals surface area (Å²) in [6.45, 7) is 6.80. The van der Waals surface area contributed by atoms with Gasteiger partial charge in [0.05, 0.1) is 0 Å². The van der Waals surface area contributed by atoms with Crippen molar-refractivity contribution < 1.29 is 0 Å². The van der Waals surface area contributed by atoms with Crippen LogP contribution in [-0.4, -0.2) is 0 Å². The van der Waals surface area contributed by atoms with Crippen LogP contribution < -0.4 is 0 Å². The minimum absolute atomic E-state index is 1.17. The topological polar surface area (TPSA) is 0 Å². The maximum Gasteiger partial charge on any atom is -0.0279 e. The molecule has 0 nitrogen and oxygen atoms in total. The molecule has 18 heavy (non-hydrogen) atoms. The van der Waals surface area contributed by atoms with Crippen LogP contribution in [0.15, 0.2) is 18.2 Å². The Balaban J connectivity index is 2.34. The van der Waals surface area contributed by atoms with Gasteiger partial charge in [-0.1, -0.05) is 71.1 Å². The van der Waals surface area contributed by atoms with Crippen molar-refractivity contribution in [2.45, 2.75) is 78.6 Å². The molecule has 1 aromatic rings. The van der Waals surface area contributed by atoms with Crippen molar-refractivity contribution in [3.8, 4) is 0 Å². The zero-order valence-corrected chi connectivity index (χ0v) is 12.6. The fourth-order valence-corrected chi connectivity index (χ4v) is 2.62. The highest BCUT2D eigenvalue weighted by atomic mass is 14.1. The van der Waals surface area contributed by atoms with E-state index in [0.29, 0.717) is 0 Å². The van der Waals surface area contributed by atoms with E-state index >= 15 is 0 Å². The molecule has 1 aromatic carbocycles. The second-order valence-electron chi connectivity index (χ2n) is 5.33. The first-order chi connectivity index (χ1) is 8.81. The molecule has 0 N–H and O–H groups in total. The minimum atomic E-state index is 1.17. The van der Waals surface area contributed by atoms with Gasteiger partial charge in [0.2, 0.25) is 0 Å². The van der Waals surface area contributed by atoms with Crippen LogP contribution in [-0.2, 0) is 19.3 Å². The normalized spacial score (nSPS) is 10.8. The summed E-state index contributed by atoms with van der Waals surface area (Å²) in [7, 11) is 0. The SMILES string of the molecule is CCCCCCCCc1ccc(CC)c(CC)c1. The van der Waals surface area contributed by atoms with Gasteiger partial charge in [0, 0.05) is 0 Å². The van der Waals surface area contributed by atoms with Crippen LogP contribution in [0.5, 0.6) is 0 Å². The van der Waals surface area contributed by atoms with Gasteiger partial charge in [0.15, 0.2) is 0 Å². The van der Waals surface area contributed by atoms with Crippen LogP contribution in [0.3, 0.4) is 0 Å². The fraction of sp³-hybridized carbons (Fsp3) is 0.667. The van der Waals surface area contributed by atoms with Crippen molar-refractivity contribution in [2.75, 3.05) is 0 Å². The van der Waals surface area contributed by atoms with E-state index in [1.54, 1.807) is 11.1 Å². The molecule has 0 saturated carbocycles. The van der Waals surface area contributed by atoms with E-state index < -0.39 is 0 Å². The van der Waals surface area contributed by atoms with Gasteiger partial charge in [-0.15, -0.1) is 0 Å². The monoisotopic (exact) mass is 246 g/mol. The van der Waals surface area contributed by atoms with E-state index in [1.165, 1.54) is 63.4 Å². The molecule has 0 aliphatic rings. The van der Waals surface area contributed by atoms with Gasteiger partial charge >= 0.3 is 0 Å². The second-order valence-corrected chi connectivity index (χ2v) is 5.33. The molecular formula is C18H30. The Bertz CT molecular complexity index is 325. The minimum Gasteiger partial charge on any atom is -0.0654 e. The van der Waals surface area contributed by atoms with Gasteiger partial charge in [0.1, 0.15) is 0 Å². The van der Waals surface area contributed by atoms with Crippen molar-refractivity contribution in [3.63, 3.8) is 0 Å². The van der Waals surface area contributed by atoms with Gasteiger partial charge < -0.3 is 0 Å². The molecule has 0 bridgehead atoms. The highest BCUT2D eigenvalue weighted by molar-refractivity contribution is 5.32.